The van der Waals surface area contributed by atoms with Crippen molar-refractivity contribution in [1.82, 2.24) is 5.32 Å². The maximum Gasteiger partial charge on any atom is 0.0461 e. The lowest BCUT2D eigenvalue weighted by atomic mass is 10.2. The van der Waals surface area contributed by atoms with Gasteiger partial charge in [-0.25, -0.2) is 0 Å². The zero-order chi connectivity index (χ0) is 13.7. The van der Waals surface area contributed by atoms with E-state index in [1.807, 2.05) is 25.2 Å². The molecule has 0 aliphatic rings. The second-order valence-corrected chi connectivity index (χ2v) is 6.03. The van der Waals surface area contributed by atoms with Gasteiger partial charge in [0.25, 0.3) is 0 Å². The number of hydrogen-bond donors (Lipinski definition) is 1. The van der Waals surface area contributed by atoms with E-state index >= 15 is 0 Å². The predicted molar refractivity (Wildman–Crippen MR) is 85.2 cm³/mol. The van der Waals surface area contributed by atoms with Gasteiger partial charge in [-0.2, -0.15) is 0 Å². The molecule has 0 aliphatic carbocycles. The molecule has 0 fully saturated rings. The molecule has 100 valence electrons. The fourth-order valence-corrected chi connectivity index (χ4v) is 3.37. The van der Waals surface area contributed by atoms with Crippen LogP contribution in [0.4, 0.5) is 0 Å². The summed E-state index contributed by atoms with van der Waals surface area (Å²) in [6.45, 7) is 0.890. The Kier molecular flexibility index (Phi) is 5.59. The third-order valence-electron chi connectivity index (χ3n) is 2.75. The van der Waals surface area contributed by atoms with E-state index < -0.39 is 0 Å². The molecular weight excluding hydrogens is 297 g/mol. The molecule has 4 heteroatoms. The Balaban J connectivity index is 2.02. The summed E-state index contributed by atoms with van der Waals surface area (Å²) in [4.78, 5) is 1.22. The number of thioether (sulfide) groups is 1. The van der Waals surface area contributed by atoms with E-state index in [0.717, 1.165) is 27.9 Å². The van der Waals surface area contributed by atoms with Gasteiger partial charge in [0.1, 0.15) is 0 Å². The van der Waals surface area contributed by atoms with Crippen LogP contribution in [0.3, 0.4) is 0 Å². The Morgan fingerprint density at radius 3 is 2.21 bits per heavy atom. The summed E-state index contributed by atoms with van der Waals surface area (Å²) in [6, 6.07) is 14.1. The van der Waals surface area contributed by atoms with Crippen molar-refractivity contribution < 1.29 is 0 Å². The monoisotopic (exact) mass is 311 g/mol. The standard InChI is InChI=1S/C15H15Cl2NS/c1-18-9-11-5-7-12(8-6-11)19-10-13-14(16)3-2-4-15(13)17/h2-8,18H,9-10H2,1H3. The molecule has 1 N–H and O–H groups in total. The van der Waals surface area contributed by atoms with Crippen molar-refractivity contribution in [3.63, 3.8) is 0 Å². The highest BCUT2D eigenvalue weighted by atomic mass is 35.5. The van der Waals surface area contributed by atoms with E-state index in [9.17, 15) is 0 Å². The predicted octanol–water partition coefficient (Wildman–Crippen LogP) is 5.01. The molecule has 0 bridgehead atoms. The lowest BCUT2D eigenvalue weighted by Crippen LogP contribution is -2.04. The summed E-state index contributed by atoms with van der Waals surface area (Å²) < 4.78 is 0. The Morgan fingerprint density at radius 2 is 1.63 bits per heavy atom. The summed E-state index contributed by atoms with van der Waals surface area (Å²) in [5.74, 6) is 0.782. The van der Waals surface area contributed by atoms with Crippen molar-refractivity contribution in [3.05, 3.63) is 63.6 Å². The Hall–Kier alpha value is -0.670. The fourth-order valence-electron chi connectivity index (χ4n) is 1.73. The first kappa shape index (κ1) is 14.7. The van der Waals surface area contributed by atoms with E-state index in [0.29, 0.717) is 0 Å². The summed E-state index contributed by atoms with van der Waals surface area (Å²) in [5.41, 5.74) is 2.28. The van der Waals surface area contributed by atoms with Crippen molar-refractivity contribution in [1.29, 1.82) is 0 Å². The molecule has 0 radical (unpaired) electrons. The molecule has 19 heavy (non-hydrogen) atoms. The quantitative estimate of drug-likeness (QED) is 0.779. The lowest BCUT2D eigenvalue weighted by molar-refractivity contribution is 0.817. The molecule has 2 aromatic rings. The van der Waals surface area contributed by atoms with Crippen LogP contribution in [0.5, 0.6) is 0 Å². The number of benzene rings is 2. The fraction of sp³-hybridized carbons (Fsp3) is 0.200. The van der Waals surface area contributed by atoms with Crippen molar-refractivity contribution >= 4 is 35.0 Å². The number of nitrogens with one attached hydrogen (secondary N) is 1. The van der Waals surface area contributed by atoms with Crippen LogP contribution in [0, 0.1) is 0 Å². The van der Waals surface area contributed by atoms with Gasteiger partial charge in [0, 0.05) is 27.2 Å². The number of rotatable bonds is 5. The lowest BCUT2D eigenvalue weighted by Gasteiger charge is -2.07. The summed E-state index contributed by atoms with van der Waals surface area (Å²) >= 11 is 14.1. The van der Waals surface area contributed by atoms with Gasteiger partial charge in [0.2, 0.25) is 0 Å². The molecule has 0 saturated heterocycles. The average Bonchev–Trinajstić information content (AvgIpc) is 2.40. The van der Waals surface area contributed by atoms with E-state index in [1.165, 1.54) is 10.5 Å². The molecule has 0 aliphatic heterocycles. The largest absolute Gasteiger partial charge is 0.316 e. The van der Waals surface area contributed by atoms with Crippen LogP contribution in [0.2, 0.25) is 10.0 Å². The topological polar surface area (TPSA) is 12.0 Å². The molecule has 0 atom stereocenters. The van der Waals surface area contributed by atoms with Gasteiger partial charge in [0.05, 0.1) is 0 Å². The maximum atomic E-state index is 6.16. The number of hydrogen-bond acceptors (Lipinski definition) is 2. The first-order valence-corrected chi connectivity index (χ1v) is 7.74. The van der Waals surface area contributed by atoms with Crippen LogP contribution in [0.25, 0.3) is 0 Å². The van der Waals surface area contributed by atoms with Crippen LogP contribution in [0.1, 0.15) is 11.1 Å². The van der Waals surface area contributed by atoms with Crippen LogP contribution in [-0.4, -0.2) is 7.05 Å². The summed E-state index contributed by atoms with van der Waals surface area (Å²) in [7, 11) is 1.95. The second-order valence-electron chi connectivity index (χ2n) is 4.16. The molecule has 0 saturated carbocycles. The van der Waals surface area contributed by atoms with E-state index in [1.54, 1.807) is 11.8 Å². The van der Waals surface area contributed by atoms with Crippen LogP contribution >= 0.6 is 35.0 Å². The maximum absolute atomic E-state index is 6.16. The normalized spacial score (nSPS) is 10.7. The highest BCUT2D eigenvalue weighted by Gasteiger charge is 2.06. The molecule has 2 rings (SSSR count). The molecule has 0 heterocycles. The summed E-state index contributed by atoms with van der Waals surface area (Å²) in [5, 5.41) is 4.59. The average molecular weight is 312 g/mol. The van der Waals surface area contributed by atoms with Crippen LogP contribution in [-0.2, 0) is 12.3 Å². The van der Waals surface area contributed by atoms with Crippen LogP contribution < -0.4 is 5.32 Å². The Morgan fingerprint density at radius 1 is 1.00 bits per heavy atom. The van der Waals surface area contributed by atoms with Gasteiger partial charge >= 0.3 is 0 Å². The SMILES string of the molecule is CNCc1ccc(SCc2c(Cl)cccc2Cl)cc1. The first-order valence-electron chi connectivity index (χ1n) is 6.00. The van der Waals surface area contributed by atoms with Crippen molar-refractivity contribution in [3.8, 4) is 0 Å². The molecule has 1 nitrogen and oxygen atoms in total. The van der Waals surface area contributed by atoms with Gasteiger partial charge in [-0.3, -0.25) is 0 Å². The molecule has 0 unspecified atom stereocenters. The van der Waals surface area contributed by atoms with Gasteiger partial charge < -0.3 is 5.32 Å². The molecule has 0 amide bonds. The van der Waals surface area contributed by atoms with E-state index in [2.05, 4.69) is 29.6 Å². The van der Waals surface area contributed by atoms with Gasteiger partial charge in [-0.15, -0.1) is 11.8 Å². The molecular formula is C15H15Cl2NS. The van der Waals surface area contributed by atoms with Crippen molar-refractivity contribution in [2.24, 2.45) is 0 Å². The Bertz CT molecular complexity index is 520. The minimum Gasteiger partial charge on any atom is -0.316 e. The van der Waals surface area contributed by atoms with Crippen molar-refractivity contribution in [2.75, 3.05) is 7.05 Å². The minimum atomic E-state index is 0.729. The van der Waals surface area contributed by atoms with Crippen LogP contribution in [0.15, 0.2) is 47.4 Å². The highest BCUT2D eigenvalue weighted by Crippen LogP contribution is 2.31. The second kappa shape index (κ2) is 7.20. The highest BCUT2D eigenvalue weighted by molar-refractivity contribution is 7.98. The minimum absolute atomic E-state index is 0.729. The third kappa shape index (κ3) is 4.15. The zero-order valence-corrected chi connectivity index (χ0v) is 12.9. The smallest absolute Gasteiger partial charge is 0.0461 e. The summed E-state index contributed by atoms with van der Waals surface area (Å²) in [6.07, 6.45) is 0. The zero-order valence-electron chi connectivity index (χ0n) is 10.6. The van der Waals surface area contributed by atoms with Crippen molar-refractivity contribution in [2.45, 2.75) is 17.2 Å². The molecule has 2 aromatic carbocycles. The van der Waals surface area contributed by atoms with E-state index in [4.69, 9.17) is 23.2 Å². The van der Waals surface area contributed by atoms with E-state index in [-0.39, 0.29) is 0 Å². The molecule has 0 aromatic heterocycles. The Labute approximate surface area is 128 Å². The number of halogens is 2. The first-order chi connectivity index (χ1) is 9.20. The van der Waals surface area contributed by atoms with Gasteiger partial charge in [-0.1, -0.05) is 41.4 Å². The third-order valence-corrected chi connectivity index (χ3v) is 4.50. The van der Waals surface area contributed by atoms with Gasteiger partial charge in [0.15, 0.2) is 0 Å². The molecule has 0 spiro atoms. The van der Waals surface area contributed by atoms with Gasteiger partial charge in [-0.05, 0) is 42.4 Å².